The van der Waals surface area contributed by atoms with E-state index in [1.807, 2.05) is 0 Å². The fourth-order valence-corrected chi connectivity index (χ4v) is 10.6. The Morgan fingerprint density at radius 3 is 2.18 bits per heavy atom. The van der Waals surface area contributed by atoms with E-state index in [1.165, 1.54) is 31.3 Å². The van der Waals surface area contributed by atoms with Crippen LogP contribution < -0.4 is 17.2 Å². The molecule has 6 N–H and O–H groups in total. The van der Waals surface area contributed by atoms with Crippen molar-refractivity contribution >= 4 is 0 Å². The number of hydrogen-bond acceptors (Lipinski definition) is 7. The molecule has 4 saturated carbocycles. The smallest absolute Gasteiger partial charge is 0.0649 e. The van der Waals surface area contributed by atoms with Crippen LogP contribution in [0.25, 0.3) is 0 Å². The summed E-state index contributed by atoms with van der Waals surface area (Å²) in [7, 11) is 0. The van der Waals surface area contributed by atoms with Crippen LogP contribution in [0.15, 0.2) is 11.6 Å². The first-order chi connectivity index (χ1) is 21.7. The summed E-state index contributed by atoms with van der Waals surface area (Å²) in [4.78, 5) is 0. The highest BCUT2D eigenvalue weighted by Gasteiger charge is 2.66. The van der Waals surface area contributed by atoms with Crippen molar-refractivity contribution in [1.29, 1.82) is 0 Å². The maximum atomic E-state index is 6.99. The summed E-state index contributed by atoms with van der Waals surface area (Å²) in [6, 6.07) is 0. The molecule has 0 aromatic heterocycles. The number of hydrogen-bond donors (Lipinski definition) is 3. The van der Waals surface area contributed by atoms with Crippen LogP contribution in [-0.2, 0) is 18.9 Å². The zero-order valence-corrected chi connectivity index (χ0v) is 29.8. The largest absolute Gasteiger partial charge is 0.378 e. The average molecular weight is 634 g/mol. The zero-order valence-electron chi connectivity index (χ0n) is 29.8. The molecule has 0 spiro atoms. The minimum atomic E-state index is 0.152. The lowest BCUT2D eigenvalue weighted by molar-refractivity contribution is -0.227. The van der Waals surface area contributed by atoms with Crippen LogP contribution in [0, 0.1) is 46.3 Å². The molecule has 7 heteroatoms. The van der Waals surface area contributed by atoms with E-state index >= 15 is 0 Å². The van der Waals surface area contributed by atoms with Gasteiger partial charge in [0.15, 0.2) is 0 Å². The van der Waals surface area contributed by atoms with Crippen molar-refractivity contribution in [3.05, 3.63) is 11.6 Å². The van der Waals surface area contributed by atoms with Crippen molar-refractivity contribution < 1.29 is 18.9 Å². The van der Waals surface area contributed by atoms with Gasteiger partial charge in [0.25, 0.3) is 0 Å². The molecule has 0 aromatic carbocycles. The molecule has 45 heavy (non-hydrogen) atoms. The molecular weight excluding hydrogens is 562 g/mol. The molecule has 0 aromatic rings. The average Bonchev–Trinajstić information content (AvgIpc) is 3.37. The van der Waals surface area contributed by atoms with Gasteiger partial charge in [-0.3, -0.25) is 0 Å². The van der Waals surface area contributed by atoms with E-state index in [0.717, 1.165) is 84.4 Å². The van der Waals surface area contributed by atoms with Crippen molar-refractivity contribution in [2.24, 2.45) is 63.5 Å². The lowest BCUT2D eigenvalue weighted by Crippen LogP contribution is -2.63. The molecule has 262 valence electrons. The fraction of sp³-hybridized carbons (Fsp3) is 0.947. The van der Waals surface area contributed by atoms with Crippen molar-refractivity contribution in [3.8, 4) is 0 Å². The quantitative estimate of drug-likeness (QED) is 0.110. The second kappa shape index (κ2) is 17.7. The molecule has 4 rings (SSSR count). The molecule has 4 fully saturated rings. The number of nitrogens with two attached hydrogens (primary N) is 3. The van der Waals surface area contributed by atoms with E-state index in [0.29, 0.717) is 72.8 Å². The van der Waals surface area contributed by atoms with Crippen LogP contribution in [0.1, 0.15) is 112 Å². The summed E-state index contributed by atoms with van der Waals surface area (Å²) < 4.78 is 26.2. The normalized spacial score (nSPS) is 38.3. The minimum Gasteiger partial charge on any atom is -0.378 e. The van der Waals surface area contributed by atoms with Gasteiger partial charge in [-0.15, -0.1) is 0 Å². The lowest BCUT2D eigenvalue weighted by Gasteiger charge is -2.65. The monoisotopic (exact) mass is 634 g/mol. The van der Waals surface area contributed by atoms with Gasteiger partial charge in [-0.25, -0.2) is 0 Å². The summed E-state index contributed by atoms with van der Waals surface area (Å²) >= 11 is 0. The molecule has 0 saturated heterocycles. The standard InChI is InChI=1S/C38H71N3O4/c1-27(2)14-23-42-19-6-10-28(3)31-11-12-32-36-33(26-35(38(31,32)5)45-22-9-18-41)37(4)15-13-30(43-20-7-16-39)24-29(37)25-34(36)44-21-8-17-40/h14,28-36H,6-13,15-26,39-41H2,1-5H3/t28-,29?,30-,31?,32+,33+,34-,35+,36?,37+,38-/m1/s1. The van der Waals surface area contributed by atoms with Crippen LogP contribution >= 0.6 is 0 Å². The van der Waals surface area contributed by atoms with Crippen LogP contribution in [0.4, 0.5) is 0 Å². The summed E-state index contributed by atoms with van der Waals surface area (Å²) in [5, 5.41) is 0. The van der Waals surface area contributed by atoms with Gasteiger partial charge in [0.1, 0.15) is 0 Å². The van der Waals surface area contributed by atoms with Gasteiger partial charge in [0, 0.05) is 31.8 Å². The van der Waals surface area contributed by atoms with Crippen LogP contribution in [0.2, 0.25) is 0 Å². The molecule has 3 unspecified atom stereocenters. The predicted octanol–water partition coefficient (Wildman–Crippen LogP) is 6.47. The Morgan fingerprint density at radius 1 is 0.800 bits per heavy atom. The highest BCUT2D eigenvalue weighted by molar-refractivity contribution is 5.15. The summed E-state index contributed by atoms with van der Waals surface area (Å²) in [6.45, 7) is 18.0. The third-order valence-electron chi connectivity index (χ3n) is 13.1. The zero-order chi connectivity index (χ0) is 32.5. The molecule has 7 nitrogen and oxygen atoms in total. The van der Waals surface area contributed by atoms with Gasteiger partial charge in [0.2, 0.25) is 0 Å². The van der Waals surface area contributed by atoms with Crippen molar-refractivity contribution in [2.75, 3.05) is 52.7 Å². The Hall–Kier alpha value is -0.540. The van der Waals surface area contributed by atoms with E-state index < -0.39 is 0 Å². The van der Waals surface area contributed by atoms with Crippen molar-refractivity contribution in [2.45, 2.75) is 130 Å². The second-order valence-corrected chi connectivity index (χ2v) is 16.0. The van der Waals surface area contributed by atoms with E-state index in [1.54, 1.807) is 0 Å². The lowest BCUT2D eigenvalue weighted by atomic mass is 9.43. The van der Waals surface area contributed by atoms with E-state index in [2.05, 4.69) is 40.7 Å². The molecule has 4 aliphatic carbocycles. The second-order valence-electron chi connectivity index (χ2n) is 16.0. The topological polar surface area (TPSA) is 115 Å². The molecule has 0 heterocycles. The number of allylic oxidation sites excluding steroid dienone is 1. The number of ether oxygens (including phenoxy) is 4. The summed E-state index contributed by atoms with van der Waals surface area (Å²) in [5.41, 5.74) is 19.5. The first kappa shape index (κ1) is 37.3. The molecular formula is C38H71N3O4. The molecule has 11 atom stereocenters. The maximum absolute atomic E-state index is 6.99. The summed E-state index contributed by atoms with van der Waals surface area (Å²) in [5.74, 6) is 3.75. The molecule has 4 aliphatic rings. The predicted molar refractivity (Wildman–Crippen MR) is 185 cm³/mol. The molecule has 0 aliphatic heterocycles. The Bertz CT molecular complexity index is 898. The Balaban J connectivity index is 1.56. The van der Waals surface area contributed by atoms with Crippen LogP contribution in [0.3, 0.4) is 0 Å². The fourth-order valence-electron chi connectivity index (χ4n) is 10.6. The highest BCUT2D eigenvalue weighted by Crippen LogP contribution is 2.69. The molecule has 0 radical (unpaired) electrons. The molecule has 0 bridgehead atoms. The van der Waals surface area contributed by atoms with Gasteiger partial charge < -0.3 is 36.1 Å². The first-order valence-electron chi connectivity index (χ1n) is 18.9. The van der Waals surface area contributed by atoms with Gasteiger partial charge in [-0.05, 0) is 151 Å². The first-order valence-corrected chi connectivity index (χ1v) is 18.9. The SMILES string of the molecule is CC(C)=CCOCCC[C@@H](C)C1CC[C@H]2C3[C@H](OCCCN)CC4C[C@H](OCCCN)CC[C@]4(C)[C@H]3C[C@H](OCCCN)[C@]12C. The van der Waals surface area contributed by atoms with E-state index in [9.17, 15) is 0 Å². The third-order valence-corrected chi connectivity index (χ3v) is 13.1. The number of rotatable bonds is 19. The third kappa shape index (κ3) is 8.74. The Labute approximate surface area is 276 Å². The van der Waals surface area contributed by atoms with Crippen molar-refractivity contribution in [1.82, 2.24) is 0 Å². The number of fused-ring (bicyclic) bond motifs is 5. The van der Waals surface area contributed by atoms with Gasteiger partial charge in [0.05, 0.1) is 24.9 Å². The van der Waals surface area contributed by atoms with Gasteiger partial charge in [-0.2, -0.15) is 0 Å². The Kier molecular flexibility index (Phi) is 14.7. The Morgan fingerprint density at radius 2 is 1.49 bits per heavy atom. The summed E-state index contributed by atoms with van der Waals surface area (Å²) in [6.07, 6.45) is 16.7. The maximum Gasteiger partial charge on any atom is 0.0649 e. The van der Waals surface area contributed by atoms with Gasteiger partial charge >= 0.3 is 0 Å². The highest BCUT2D eigenvalue weighted by atomic mass is 16.5. The van der Waals surface area contributed by atoms with Gasteiger partial charge in [-0.1, -0.05) is 32.4 Å². The van der Waals surface area contributed by atoms with Crippen molar-refractivity contribution in [3.63, 3.8) is 0 Å². The van der Waals surface area contributed by atoms with E-state index in [4.69, 9.17) is 36.1 Å². The van der Waals surface area contributed by atoms with E-state index in [-0.39, 0.29) is 11.5 Å². The minimum absolute atomic E-state index is 0.152. The van der Waals surface area contributed by atoms with Crippen LogP contribution in [0.5, 0.6) is 0 Å². The van der Waals surface area contributed by atoms with Crippen LogP contribution in [-0.4, -0.2) is 71.0 Å². The molecule has 0 amide bonds.